The molecule has 0 aromatic carbocycles. The van der Waals surface area contributed by atoms with E-state index in [9.17, 15) is 99.6 Å². The van der Waals surface area contributed by atoms with Gasteiger partial charge in [-0.05, 0) is 60.3 Å². The predicted octanol–water partition coefficient (Wildman–Crippen LogP) is -6.27. The van der Waals surface area contributed by atoms with Gasteiger partial charge in [-0.1, -0.05) is 20.8 Å². The van der Waals surface area contributed by atoms with Crippen LogP contribution in [0.3, 0.4) is 0 Å². The third-order valence-electron chi connectivity index (χ3n) is 16.7. The van der Waals surface area contributed by atoms with Crippen molar-refractivity contribution in [3.8, 4) is 0 Å². The number of ether oxygens (including phenoxy) is 12. The van der Waals surface area contributed by atoms with Crippen LogP contribution in [-0.2, 0) is 95.2 Å². The van der Waals surface area contributed by atoms with Crippen LogP contribution >= 0.6 is 0 Å². The molecule has 0 bridgehead atoms. The van der Waals surface area contributed by atoms with Gasteiger partial charge < -0.3 is 139 Å². The van der Waals surface area contributed by atoms with Gasteiger partial charge in [0.1, 0.15) is 96.4 Å². The molecule has 4 aliphatic heterocycles. The van der Waals surface area contributed by atoms with Crippen molar-refractivity contribution >= 4 is 46.8 Å². The molecule has 0 aliphatic carbocycles. The lowest BCUT2D eigenvalue weighted by atomic mass is 10.00. The summed E-state index contributed by atoms with van der Waals surface area (Å²) in [5.74, 6) is -2.24. The maximum atomic E-state index is 12.9. The third kappa shape index (κ3) is 38.9. The molecule has 4 rings (SSSR count). The van der Waals surface area contributed by atoms with E-state index in [4.69, 9.17) is 56.8 Å². The molecule has 4 saturated heterocycles. The largest absolute Gasteiger partial charge is 0.388 e. The predicted molar refractivity (Wildman–Crippen MR) is 370 cm³/mol. The van der Waals surface area contributed by atoms with Crippen LogP contribution < -0.4 is 21.3 Å². The van der Waals surface area contributed by atoms with Crippen molar-refractivity contribution in [3.05, 3.63) is 0 Å². The molecule has 38 heteroatoms. The topological polar surface area (TPSA) is 545 Å². The second-order valence-corrected chi connectivity index (χ2v) is 25.7. The molecule has 0 aromatic rings. The fourth-order valence-corrected chi connectivity index (χ4v) is 10.7. The fourth-order valence-electron chi connectivity index (χ4n) is 10.7. The van der Waals surface area contributed by atoms with E-state index in [1.807, 2.05) is 27.7 Å². The second kappa shape index (κ2) is 55.8. The summed E-state index contributed by atoms with van der Waals surface area (Å²) >= 11 is 0. The summed E-state index contributed by atoms with van der Waals surface area (Å²) in [7, 11) is 0. The minimum Gasteiger partial charge on any atom is -0.388 e. The number of hydrogen-bond acceptors (Lipinski definition) is 34. The van der Waals surface area contributed by atoms with Gasteiger partial charge in [0.15, 0.2) is 25.2 Å². The van der Waals surface area contributed by atoms with Crippen LogP contribution in [-0.4, -0.2) is 385 Å². The lowest BCUT2D eigenvalue weighted by Gasteiger charge is -2.38. The highest BCUT2D eigenvalue weighted by Gasteiger charge is 2.46. The third-order valence-corrected chi connectivity index (χ3v) is 16.7. The molecule has 38 nitrogen and oxygen atoms in total. The van der Waals surface area contributed by atoms with Gasteiger partial charge >= 0.3 is 0 Å². The first-order valence-corrected chi connectivity index (χ1v) is 36.6. The Kier molecular flexibility index (Phi) is 51.4. The number of aliphatic hydroxyl groups is 12. The average molecular weight is 1540 g/mol. The van der Waals surface area contributed by atoms with Crippen molar-refractivity contribution in [1.82, 2.24) is 31.1 Å². The fraction of sp³-hybridized carbons (Fsp3) is 0.882. The van der Waals surface area contributed by atoms with Crippen molar-refractivity contribution < 1.29 is 156 Å². The van der Waals surface area contributed by atoms with Gasteiger partial charge in [-0.3, -0.25) is 48.2 Å². The number of carbonyl (C=O) groups excluding carboxylic acids is 8. The van der Waals surface area contributed by atoms with Gasteiger partial charge in [0.05, 0.1) is 136 Å². The molecule has 4 fully saturated rings. The van der Waals surface area contributed by atoms with E-state index in [-0.39, 0.29) is 179 Å². The van der Waals surface area contributed by atoms with E-state index in [0.717, 1.165) is 6.42 Å². The Hall–Kier alpha value is -4.48. The summed E-state index contributed by atoms with van der Waals surface area (Å²) < 4.78 is 64.9. The smallest absolute Gasteiger partial charge is 0.234 e. The van der Waals surface area contributed by atoms with Crippen molar-refractivity contribution in [3.63, 3.8) is 0 Å². The number of hydrogen-bond donors (Lipinski definition) is 16. The van der Waals surface area contributed by atoms with Crippen LogP contribution in [0.25, 0.3) is 0 Å². The average Bonchev–Trinajstić information content (AvgIpc) is 0.852. The van der Waals surface area contributed by atoms with Crippen molar-refractivity contribution in [2.24, 2.45) is 0 Å². The minimum atomic E-state index is -1.51. The van der Waals surface area contributed by atoms with Crippen LogP contribution in [0, 0.1) is 0 Å². The molecule has 106 heavy (non-hydrogen) atoms. The number of rotatable bonds is 52. The molecule has 4 aliphatic rings. The number of carbonyl (C=O) groups is 8. The molecule has 0 unspecified atom stereocenters. The maximum absolute atomic E-state index is 12.9. The molecule has 0 aromatic heterocycles. The normalized spacial score (nSPS) is 28.7. The maximum Gasteiger partial charge on any atom is 0.234 e. The van der Waals surface area contributed by atoms with Gasteiger partial charge in [0, 0.05) is 71.3 Å². The van der Waals surface area contributed by atoms with E-state index >= 15 is 0 Å². The molecule has 4 heterocycles. The summed E-state index contributed by atoms with van der Waals surface area (Å²) in [4.78, 5) is 102. The Balaban J connectivity index is 0.000000704. The minimum absolute atomic E-state index is 0.0110. The van der Waals surface area contributed by atoms with E-state index in [1.54, 1.807) is 0 Å². The Morgan fingerprint density at radius 2 is 0.594 bits per heavy atom. The standard InChI is InChI=1S/C35H61NO16.C31H57N5O16.C2H6/c1-4-8-24(37)12-16-48-18-17-47-13-5-9-25(38)19-36(20-26(39)10-6-14-49-34-32(45)30(43)28(41)22(2)51-34)21-27(40)11-7-15-50-35-33(46)31(44)29(42)23(3)52-35;1-4-32-20(37)5-9-47-13-14-48-10-6-33-21(38)15-36(16-22(39)34-7-11-49-30-28(45)26(43)24(41)18(2)51-30)17-23(40)35-8-12-50-31-29(46)27(44)25(42)19(3)52-31;1-2/h22-23,28-35,41-46H,4-21H2,1-3H3;18-19,24-31,41-46H,4-17H2,1-3H3,(H,32,37)(H,33,38)(H,34,39)(H,35,40);1-2H3/t22-,23-,28+,29+,30+,31+,32-,33-,34+,35+;18-,19-,24+,25+,26+,27+,28-,29-,30+,31+;/m00./s1. The highest BCUT2D eigenvalue weighted by molar-refractivity contribution is 5.86. The Morgan fingerprint density at radius 1 is 0.302 bits per heavy atom. The summed E-state index contributed by atoms with van der Waals surface area (Å²) in [5.41, 5.74) is 0. The number of nitrogens with one attached hydrogen (secondary N) is 4. The zero-order valence-electron chi connectivity index (χ0n) is 62.6. The van der Waals surface area contributed by atoms with Gasteiger partial charge in [-0.15, -0.1) is 0 Å². The molecule has 4 amide bonds. The Bertz CT molecular complexity index is 2200. The van der Waals surface area contributed by atoms with E-state index in [2.05, 4.69) is 21.3 Å². The quantitative estimate of drug-likeness (QED) is 0.0252. The second-order valence-electron chi connectivity index (χ2n) is 25.7. The number of aliphatic hydroxyl groups excluding tert-OH is 12. The first-order chi connectivity index (χ1) is 50.5. The highest BCUT2D eigenvalue weighted by atomic mass is 16.7. The van der Waals surface area contributed by atoms with Crippen molar-refractivity contribution in [2.75, 3.05) is 145 Å². The van der Waals surface area contributed by atoms with E-state index < -0.39 is 141 Å². The summed E-state index contributed by atoms with van der Waals surface area (Å²) in [6.07, 6.45) is -21.7. The molecular formula is C68H124N6O32. The Labute approximate surface area is 619 Å². The number of nitrogens with zero attached hydrogens (tertiary/aromatic N) is 2. The highest BCUT2D eigenvalue weighted by Crippen LogP contribution is 2.25. The monoisotopic (exact) mass is 1540 g/mol. The summed E-state index contributed by atoms with van der Waals surface area (Å²) in [5, 5.41) is 130. The lowest BCUT2D eigenvalue weighted by Crippen LogP contribution is -2.57. The van der Waals surface area contributed by atoms with E-state index in [1.165, 1.54) is 37.5 Å². The van der Waals surface area contributed by atoms with Crippen LogP contribution in [0.4, 0.5) is 0 Å². The number of ketones is 4. The molecule has 618 valence electrons. The van der Waals surface area contributed by atoms with Gasteiger partial charge in [-0.2, -0.15) is 0 Å². The van der Waals surface area contributed by atoms with Crippen molar-refractivity contribution in [2.45, 2.75) is 242 Å². The summed E-state index contributed by atoms with van der Waals surface area (Å²) in [6.45, 7) is 14.8. The van der Waals surface area contributed by atoms with Crippen LogP contribution in [0.2, 0.25) is 0 Å². The molecule has 0 radical (unpaired) electrons. The van der Waals surface area contributed by atoms with Crippen molar-refractivity contribution in [1.29, 1.82) is 0 Å². The molecule has 0 spiro atoms. The Morgan fingerprint density at radius 3 is 0.934 bits per heavy atom. The molecule has 16 N–H and O–H groups in total. The van der Waals surface area contributed by atoms with E-state index in [0.29, 0.717) is 52.2 Å². The first-order valence-electron chi connectivity index (χ1n) is 36.6. The van der Waals surface area contributed by atoms with Crippen LogP contribution in [0.5, 0.6) is 0 Å². The van der Waals surface area contributed by atoms with Crippen LogP contribution in [0.15, 0.2) is 0 Å². The number of Topliss-reactive ketones (excluding diaryl/α,β-unsaturated/α-hetero) is 4. The SMILES string of the molecule is CC.CCCC(=O)CCOCCOCCCC(=O)CN(CC(=O)CCCO[C@@H]1O[C@@H](C)[C@@H](O)[C@@H](O)[C@@H]1O)CC(=O)CCCO[C@@H]1O[C@@H](C)[C@@H](O)[C@@H](O)[C@@H]1O.CCNC(=O)CCOCCOCCNC(=O)CN(CC(=O)NCCO[C@@H]1O[C@@H](C)[C@@H](O)[C@@H](O)[C@@H]1O)CC(=O)NCCO[C@@H]1O[C@@H](C)[C@@H](O)[C@@H](O)[C@@H]1O. The zero-order chi connectivity index (χ0) is 79.3. The zero-order valence-corrected chi connectivity index (χ0v) is 62.6. The molecule has 0 saturated carbocycles. The first kappa shape index (κ1) is 97.6. The number of amides is 4. The molecular weight excluding hydrogens is 1410 g/mol. The van der Waals surface area contributed by atoms with Gasteiger partial charge in [0.25, 0.3) is 0 Å². The lowest BCUT2D eigenvalue weighted by molar-refractivity contribution is -0.293. The summed E-state index contributed by atoms with van der Waals surface area (Å²) in [6, 6.07) is 0. The molecule has 20 atom stereocenters. The van der Waals surface area contributed by atoms with Gasteiger partial charge in [0.2, 0.25) is 23.6 Å². The van der Waals surface area contributed by atoms with Crippen LogP contribution in [0.1, 0.15) is 120 Å². The van der Waals surface area contributed by atoms with Gasteiger partial charge in [-0.25, -0.2) is 0 Å².